The second-order valence-corrected chi connectivity index (χ2v) is 6.08. The predicted octanol–water partition coefficient (Wildman–Crippen LogP) is 0.792. The van der Waals surface area contributed by atoms with E-state index >= 15 is 0 Å². The van der Waals surface area contributed by atoms with Crippen LogP contribution in [0.3, 0.4) is 0 Å². The fourth-order valence-corrected chi connectivity index (χ4v) is 3.50. The largest absolute Gasteiger partial charge is 0.395 e. The van der Waals surface area contributed by atoms with Gasteiger partial charge in [-0.25, -0.2) is 0 Å². The van der Waals surface area contributed by atoms with Gasteiger partial charge in [0.15, 0.2) is 0 Å². The second kappa shape index (κ2) is 7.22. The van der Waals surface area contributed by atoms with Gasteiger partial charge in [-0.3, -0.25) is 14.6 Å². The van der Waals surface area contributed by atoms with Crippen LogP contribution in [0.15, 0.2) is 30.3 Å². The van der Waals surface area contributed by atoms with Crippen molar-refractivity contribution in [3.05, 3.63) is 30.3 Å². The number of piperazine rings is 1. The Morgan fingerprint density at radius 2 is 1.77 bits per heavy atom. The summed E-state index contributed by atoms with van der Waals surface area (Å²) in [5.74, 6) is 0.244. The normalized spacial score (nSPS) is 24.7. The van der Waals surface area contributed by atoms with Crippen LogP contribution in [0.4, 0.5) is 5.69 Å². The maximum Gasteiger partial charge on any atom is 0.244 e. The minimum Gasteiger partial charge on any atom is -0.395 e. The van der Waals surface area contributed by atoms with Gasteiger partial charge in [-0.15, -0.1) is 0 Å². The van der Waals surface area contributed by atoms with Crippen LogP contribution < -0.4 is 4.90 Å². The average molecular weight is 303 g/mol. The predicted molar refractivity (Wildman–Crippen MR) is 86.9 cm³/mol. The molecule has 0 spiro atoms. The minimum atomic E-state index is 0.0187. The lowest BCUT2D eigenvalue weighted by Crippen LogP contribution is -2.58. The smallest absolute Gasteiger partial charge is 0.244 e. The molecule has 5 nitrogen and oxygen atoms in total. The first kappa shape index (κ1) is 15.5. The van der Waals surface area contributed by atoms with Crippen molar-refractivity contribution in [2.75, 3.05) is 50.8 Å². The van der Waals surface area contributed by atoms with Gasteiger partial charge in [-0.1, -0.05) is 18.2 Å². The Hall–Kier alpha value is -1.43. The summed E-state index contributed by atoms with van der Waals surface area (Å²) in [5, 5.41) is 9.02. The molecule has 22 heavy (non-hydrogen) atoms. The summed E-state index contributed by atoms with van der Waals surface area (Å²) < 4.78 is 0. The summed E-state index contributed by atoms with van der Waals surface area (Å²) in [7, 11) is 0. The molecule has 2 aliphatic heterocycles. The highest BCUT2D eigenvalue weighted by molar-refractivity contribution is 5.97. The maximum atomic E-state index is 12.9. The Kier molecular flexibility index (Phi) is 5.08. The Balaban J connectivity index is 1.64. The molecule has 0 radical (unpaired) electrons. The summed E-state index contributed by atoms with van der Waals surface area (Å²) in [5.41, 5.74) is 1.01. The van der Waals surface area contributed by atoms with Crippen molar-refractivity contribution in [1.29, 1.82) is 0 Å². The zero-order chi connectivity index (χ0) is 15.4. The number of para-hydroxylation sites is 1. The quantitative estimate of drug-likeness (QED) is 0.893. The number of aliphatic hydroxyl groups is 1. The third-order valence-electron chi connectivity index (χ3n) is 4.74. The van der Waals surface area contributed by atoms with Gasteiger partial charge in [-0.2, -0.15) is 0 Å². The summed E-state index contributed by atoms with van der Waals surface area (Å²) in [6.45, 7) is 5.49. The van der Waals surface area contributed by atoms with E-state index in [-0.39, 0.29) is 18.6 Å². The van der Waals surface area contributed by atoms with Crippen molar-refractivity contribution in [3.8, 4) is 0 Å². The van der Waals surface area contributed by atoms with E-state index in [4.69, 9.17) is 5.11 Å². The van der Waals surface area contributed by atoms with Crippen LogP contribution in [0.25, 0.3) is 0 Å². The van der Waals surface area contributed by atoms with Gasteiger partial charge in [0.05, 0.1) is 12.6 Å². The first-order chi connectivity index (χ1) is 10.8. The third kappa shape index (κ3) is 3.32. The molecule has 1 atom stereocenters. The zero-order valence-electron chi connectivity index (χ0n) is 13.0. The lowest BCUT2D eigenvalue weighted by Gasteiger charge is -2.42. The molecule has 1 aromatic rings. The number of amides is 1. The molecule has 0 unspecified atom stereocenters. The lowest BCUT2D eigenvalue weighted by atomic mass is 10.0. The molecular formula is C17H25N3O2. The SMILES string of the molecule is O=C1[C@H](N2CCN(CCO)CC2)CCCN1c1ccccc1. The third-order valence-corrected chi connectivity index (χ3v) is 4.74. The van der Waals surface area contributed by atoms with Crippen molar-refractivity contribution in [2.24, 2.45) is 0 Å². The van der Waals surface area contributed by atoms with Gasteiger partial charge in [0.25, 0.3) is 0 Å². The fourth-order valence-electron chi connectivity index (χ4n) is 3.50. The number of nitrogens with zero attached hydrogens (tertiary/aromatic N) is 3. The summed E-state index contributed by atoms with van der Waals surface area (Å²) in [4.78, 5) is 19.4. The van der Waals surface area contributed by atoms with E-state index in [1.165, 1.54) is 0 Å². The van der Waals surface area contributed by atoms with Gasteiger partial charge in [-0.05, 0) is 25.0 Å². The Morgan fingerprint density at radius 1 is 1.05 bits per heavy atom. The minimum absolute atomic E-state index is 0.0187. The van der Waals surface area contributed by atoms with Crippen molar-refractivity contribution < 1.29 is 9.90 Å². The van der Waals surface area contributed by atoms with Crippen LogP contribution in [-0.4, -0.2) is 72.7 Å². The number of benzene rings is 1. The van der Waals surface area contributed by atoms with Crippen molar-refractivity contribution in [1.82, 2.24) is 9.80 Å². The Bertz CT molecular complexity index is 486. The molecule has 0 aliphatic carbocycles. The van der Waals surface area contributed by atoms with Crippen molar-refractivity contribution in [2.45, 2.75) is 18.9 Å². The van der Waals surface area contributed by atoms with Crippen LogP contribution in [0.2, 0.25) is 0 Å². The van der Waals surface area contributed by atoms with Crippen LogP contribution in [0.1, 0.15) is 12.8 Å². The van der Waals surface area contributed by atoms with Gasteiger partial charge >= 0.3 is 0 Å². The number of β-amino-alcohol motifs (C(OH)–C–C–N with tert-alkyl or cyclic N) is 1. The molecule has 1 aromatic carbocycles. The Labute approximate surface area is 132 Å². The van der Waals surface area contributed by atoms with Crippen molar-refractivity contribution >= 4 is 11.6 Å². The highest BCUT2D eigenvalue weighted by atomic mass is 16.3. The highest BCUT2D eigenvalue weighted by Gasteiger charge is 2.35. The topological polar surface area (TPSA) is 47.0 Å². The molecular weight excluding hydrogens is 278 g/mol. The van der Waals surface area contributed by atoms with E-state index in [1.54, 1.807) is 0 Å². The van der Waals surface area contributed by atoms with Crippen molar-refractivity contribution in [3.63, 3.8) is 0 Å². The molecule has 3 rings (SSSR count). The number of carbonyl (C=O) groups is 1. The average Bonchev–Trinajstić information content (AvgIpc) is 2.57. The lowest BCUT2D eigenvalue weighted by molar-refractivity contribution is -0.126. The number of hydrogen-bond acceptors (Lipinski definition) is 4. The number of hydrogen-bond donors (Lipinski definition) is 1. The molecule has 2 saturated heterocycles. The molecule has 0 aromatic heterocycles. The molecule has 0 saturated carbocycles. The molecule has 1 N–H and O–H groups in total. The van der Waals surface area contributed by atoms with Gasteiger partial charge in [0.1, 0.15) is 0 Å². The van der Waals surface area contributed by atoms with Crippen LogP contribution in [0, 0.1) is 0 Å². The van der Waals surface area contributed by atoms with E-state index in [1.807, 2.05) is 35.2 Å². The number of carbonyl (C=O) groups excluding carboxylic acids is 1. The summed E-state index contributed by atoms with van der Waals surface area (Å²) >= 11 is 0. The number of rotatable bonds is 4. The van der Waals surface area contributed by atoms with E-state index in [0.29, 0.717) is 0 Å². The van der Waals surface area contributed by atoms with Crippen LogP contribution in [0.5, 0.6) is 0 Å². The second-order valence-electron chi connectivity index (χ2n) is 6.08. The van der Waals surface area contributed by atoms with E-state index in [2.05, 4.69) is 9.80 Å². The summed E-state index contributed by atoms with van der Waals surface area (Å²) in [6, 6.07) is 10.00. The molecule has 1 amide bonds. The highest BCUT2D eigenvalue weighted by Crippen LogP contribution is 2.24. The first-order valence-corrected chi connectivity index (χ1v) is 8.23. The number of anilines is 1. The van der Waals surface area contributed by atoms with E-state index in [0.717, 1.165) is 57.8 Å². The molecule has 120 valence electrons. The van der Waals surface area contributed by atoms with Gasteiger partial charge in [0, 0.05) is 45.0 Å². The number of aliphatic hydroxyl groups excluding tert-OH is 1. The summed E-state index contributed by atoms with van der Waals surface area (Å²) in [6.07, 6.45) is 2.02. The molecule has 2 heterocycles. The van der Waals surface area contributed by atoms with Crippen LogP contribution in [-0.2, 0) is 4.79 Å². The fraction of sp³-hybridized carbons (Fsp3) is 0.588. The standard InChI is InChI=1S/C17H25N3O2/c21-14-13-18-9-11-19(12-10-18)16-7-4-8-20(17(16)22)15-5-2-1-3-6-15/h1-3,5-6,16,21H,4,7-14H2/t16-/m1/s1. The van der Waals surface area contributed by atoms with E-state index < -0.39 is 0 Å². The van der Waals surface area contributed by atoms with Crippen LogP contribution >= 0.6 is 0 Å². The first-order valence-electron chi connectivity index (χ1n) is 8.23. The maximum absolute atomic E-state index is 12.9. The number of piperidine rings is 1. The monoisotopic (exact) mass is 303 g/mol. The molecule has 2 aliphatic rings. The molecule has 0 bridgehead atoms. The van der Waals surface area contributed by atoms with E-state index in [9.17, 15) is 4.79 Å². The molecule has 5 heteroatoms. The molecule has 2 fully saturated rings. The Morgan fingerprint density at radius 3 is 2.45 bits per heavy atom. The van der Waals surface area contributed by atoms with Gasteiger partial charge < -0.3 is 10.0 Å². The van der Waals surface area contributed by atoms with Gasteiger partial charge in [0.2, 0.25) is 5.91 Å². The zero-order valence-corrected chi connectivity index (χ0v) is 13.0.